The minimum atomic E-state index is -3.94. The van der Waals surface area contributed by atoms with Crippen molar-refractivity contribution in [2.45, 2.75) is 16.7 Å². The lowest BCUT2D eigenvalue weighted by Crippen LogP contribution is -2.48. The first-order chi connectivity index (χ1) is 16.8. The third-order valence-corrected chi connectivity index (χ3v) is 8.37. The molecule has 2 heterocycles. The molecule has 1 fully saturated rings. The maximum absolute atomic E-state index is 13.4. The van der Waals surface area contributed by atoms with E-state index in [9.17, 15) is 22.4 Å². The van der Waals surface area contributed by atoms with Gasteiger partial charge in [0.2, 0.25) is 9.84 Å². The lowest BCUT2D eigenvalue weighted by Gasteiger charge is -2.36. The number of nitrogens with zero attached hydrogens (tertiary/aromatic N) is 3. The van der Waals surface area contributed by atoms with Crippen LogP contribution in [0.1, 0.15) is 27.6 Å². The number of carbonyl (C=O) groups is 2. The molecule has 0 saturated carbocycles. The molecule has 0 N–H and O–H groups in total. The standard InChI is InChI=1S/C26H24FN3O4S/c1-2-30-22-17-18(7-12-24(22)35(33,34)23-6-4-3-5-21(23)26(30)32)25(31)29-15-13-28(14-16-29)20-10-8-19(27)9-11-20/h3-12,17H,2,13-16H2,1H3. The molecule has 0 aliphatic carbocycles. The van der Waals surface area contributed by atoms with Crippen LogP contribution in [-0.4, -0.2) is 57.9 Å². The van der Waals surface area contributed by atoms with Crippen molar-refractivity contribution in [3.8, 4) is 0 Å². The number of benzene rings is 3. The Morgan fingerprint density at radius 2 is 1.60 bits per heavy atom. The van der Waals surface area contributed by atoms with Gasteiger partial charge in [0.25, 0.3) is 11.8 Å². The lowest BCUT2D eigenvalue weighted by molar-refractivity contribution is 0.0746. The van der Waals surface area contributed by atoms with E-state index in [4.69, 9.17) is 0 Å². The first-order valence-corrected chi connectivity index (χ1v) is 12.9. The van der Waals surface area contributed by atoms with Gasteiger partial charge < -0.3 is 14.7 Å². The molecule has 2 aliphatic heterocycles. The van der Waals surface area contributed by atoms with Gasteiger partial charge >= 0.3 is 0 Å². The molecule has 1 saturated heterocycles. The molecular formula is C26H24FN3O4S. The molecule has 5 rings (SSSR count). The van der Waals surface area contributed by atoms with Crippen molar-refractivity contribution in [3.05, 3.63) is 83.7 Å². The quantitative estimate of drug-likeness (QED) is 0.557. The summed E-state index contributed by atoms with van der Waals surface area (Å²) in [5.74, 6) is -0.937. The van der Waals surface area contributed by atoms with Crippen molar-refractivity contribution in [1.29, 1.82) is 0 Å². The van der Waals surface area contributed by atoms with Crippen LogP contribution in [0.3, 0.4) is 0 Å². The van der Waals surface area contributed by atoms with Crippen LogP contribution in [0.5, 0.6) is 0 Å². The molecule has 35 heavy (non-hydrogen) atoms. The first-order valence-electron chi connectivity index (χ1n) is 11.4. The lowest BCUT2D eigenvalue weighted by atomic mass is 10.1. The van der Waals surface area contributed by atoms with Crippen LogP contribution in [0.4, 0.5) is 15.8 Å². The average Bonchev–Trinajstić information content (AvgIpc) is 2.95. The van der Waals surface area contributed by atoms with Crippen LogP contribution < -0.4 is 9.80 Å². The van der Waals surface area contributed by atoms with E-state index in [1.807, 2.05) is 0 Å². The van der Waals surface area contributed by atoms with Gasteiger partial charge in [-0.1, -0.05) is 12.1 Å². The molecule has 3 aromatic carbocycles. The Morgan fingerprint density at radius 3 is 2.29 bits per heavy atom. The minimum Gasteiger partial charge on any atom is -0.368 e. The number of hydrogen-bond donors (Lipinski definition) is 0. The van der Waals surface area contributed by atoms with Gasteiger partial charge in [-0.15, -0.1) is 0 Å². The number of hydrogen-bond acceptors (Lipinski definition) is 5. The van der Waals surface area contributed by atoms with Crippen molar-refractivity contribution in [3.63, 3.8) is 0 Å². The van der Waals surface area contributed by atoms with Crippen molar-refractivity contribution in [2.24, 2.45) is 0 Å². The highest BCUT2D eigenvalue weighted by molar-refractivity contribution is 7.91. The van der Waals surface area contributed by atoms with Gasteiger partial charge in [0.05, 0.1) is 21.0 Å². The van der Waals surface area contributed by atoms with Crippen LogP contribution in [0.2, 0.25) is 0 Å². The molecule has 7 nitrogen and oxygen atoms in total. The van der Waals surface area contributed by atoms with Gasteiger partial charge in [-0.05, 0) is 61.5 Å². The number of amides is 2. The molecule has 0 unspecified atom stereocenters. The van der Waals surface area contributed by atoms with Crippen molar-refractivity contribution < 1.29 is 22.4 Å². The SMILES string of the molecule is CCN1C(=O)c2ccccc2S(=O)(=O)c2ccc(C(=O)N3CCN(c4ccc(F)cc4)CC3)cc21. The molecule has 3 aromatic rings. The summed E-state index contributed by atoms with van der Waals surface area (Å²) in [6.07, 6.45) is 0. The highest BCUT2D eigenvalue weighted by Crippen LogP contribution is 2.37. The van der Waals surface area contributed by atoms with E-state index < -0.39 is 15.7 Å². The molecule has 2 amide bonds. The van der Waals surface area contributed by atoms with E-state index in [-0.39, 0.29) is 39.3 Å². The molecular weight excluding hydrogens is 469 g/mol. The summed E-state index contributed by atoms with van der Waals surface area (Å²) in [4.78, 5) is 31.7. The smallest absolute Gasteiger partial charge is 0.259 e. The Bertz CT molecular complexity index is 1410. The fraction of sp³-hybridized carbons (Fsp3) is 0.231. The fourth-order valence-electron chi connectivity index (χ4n) is 4.66. The highest BCUT2D eigenvalue weighted by atomic mass is 32.2. The zero-order valence-corrected chi connectivity index (χ0v) is 20.0. The third-order valence-electron chi connectivity index (χ3n) is 6.51. The summed E-state index contributed by atoms with van der Waals surface area (Å²) in [5, 5.41) is 0. The van der Waals surface area contributed by atoms with Gasteiger partial charge in [-0.25, -0.2) is 12.8 Å². The zero-order valence-electron chi connectivity index (χ0n) is 19.1. The topological polar surface area (TPSA) is 78.0 Å². The van der Waals surface area contributed by atoms with Gasteiger partial charge in [-0.2, -0.15) is 0 Å². The Balaban J connectivity index is 1.43. The van der Waals surface area contributed by atoms with Gasteiger partial charge in [0.1, 0.15) is 5.82 Å². The molecule has 0 atom stereocenters. The Labute approximate surface area is 203 Å². The molecule has 0 bridgehead atoms. The molecule has 0 radical (unpaired) electrons. The highest BCUT2D eigenvalue weighted by Gasteiger charge is 2.35. The predicted octanol–water partition coefficient (Wildman–Crippen LogP) is 3.60. The van der Waals surface area contributed by atoms with E-state index in [2.05, 4.69) is 4.90 Å². The number of sulfone groups is 1. The van der Waals surface area contributed by atoms with E-state index in [1.165, 1.54) is 47.4 Å². The second kappa shape index (κ2) is 8.81. The first kappa shape index (κ1) is 23.0. The van der Waals surface area contributed by atoms with E-state index in [0.29, 0.717) is 31.7 Å². The largest absolute Gasteiger partial charge is 0.368 e. The van der Waals surface area contributed by atoms with Crippen LogP contribution in [0.25, 0.3) is 0 Å². The molecule has 0 spiro atoms. The maximum atomic E-state index is 13.4. The Morgan fingerprint density at radius 1 is 0.914 bits per heavy atom. The molecule has 2 aliphatic rings. The number of halogens is 1. The second-order valence-electron chi connectivity index (χ2n) is 8.49. The predicted molar refractivity (Wildman–Crippen MR) is 130 cm³/mol. The van der Waals surface area contributed by atoms with Crippen molar-refractivity contribution in [2.75, 3.05) is 42.5 Å². The van der Waals surface area contributed by atoms with Gasteiger partial charge in [0.15, 0.2) is 0 Å². The summed E-state index contributed by atoms with van der Waals surface area (Å²) < 4.78 is 40.0. The fourth-order valence-corrected chi connectivity index (χ4v) is 6.29. The zero-order chi connectivity index (χ0) is 24.7. The second-order valence-corrected chi connectivity index (χ2v) is 10.4. The van der Waals surface area contributed by atoms with Gasteiger partial charge in [-0.3, -0.25) is 9.59 Å². The van der Waals surface area contributed by atoms with Gasteiger partial charge in [0, 0.05) is 44.0 Å². The van der Waals surface area contributed by atoms with E-state index >= 15 is 0 Å². The minimum absolute atomic E-state index is 0.00956. The molecule has 9 heteroatoms. The van der Waals surface area contributed by atoms with Crippen LogP contribution >= 0.6 is 0 Å². The van der Waals surface area contributed by atoms with Crippen LogP contribution in [0.15, 0.2) is 76.5 Å². The summed E-state index contributed by atoms with van der Waals surface area (Å²) in [7, 11) is -3.94. The summed E-state index contributed by atoms with van der Waals surface area (Å²) in [6.45, 7) is 4.13. The number of carbonyl (C=O) groups excluding carboxylic acids is 2. The number of fused-ring (bicyclic) bond motifs is 2. The van der Waals surface area contributed by atoms with E-state index in [1.54, 1.807) is 36.1 Å². The normalized spacial score (nSPS) is 17.0. The van der Waals surface area contributed by atoms with E-state index in [0.717, 1.165) is 5.69 Å². The van der Waals surface area contributed by atoms with Crippen LogP contribution in [0, 0.1) is 5.82 Å². The number of piperazine rings is 1. The maximum Gasteiger partial charge on any atom is 0.259 e. The summed E-state index contributed by atoms with van der Waals surface area (Å²) >= 11 is 0. The monoisotopic (exact) mass is 493 g/mol. The Kier molecular flexibility index (Phi) is 5.80. The third kappa shape index (κ3) is 3.95. The van der Waals surface area contributed by atoms with Crippen molar-refractivity contribution in [1.82, 2.24) is 4.90 Å². The van der Waals surface area contributed by atoms with Crippen molar-refractivity contribution >= 4 is 33.0 Å². The number of anilines is 2. The van der Waals surface area contributed by atoms with Crippen LogP contribution in [-0.2, 0) is 9.84 Å². The molecule has 0 aromatic heterocycles. The summed E-state index contributed by atoms with van der Waals surface area (Å²) in [5.41, 5.74) is 1.55. The molecule has 180 valence electrons. The number of rotatable bonds is 3. The Hall–Kier alpha value is -3.72. The average molecular weight is 494 g/mol. The summed E-state index contributed by atoms with van der Waals surface area (Å²) in [6, 6.07) is 16.9.